The van der Waals surface area contributed by atoms with E-state index in [0.29, 0.717) is 12.0 Å². The van der Waals surface area contributed by atoms with E-state index in [0.717, 1.165) is 30.9 Å². The van der Waals surface area contributed by atoms with Gasteiger partial charge in [-0.3, -0.25) is 4.90 Å². The van der Waals surface area contributed by atoms with Crippen molar-refractivity contribution in [3.05, 3.63) is 101 Å². The highest BCUT2D eigenvalue weighted by atomic mass is 19.1. The van der Waals surface area contributed by atoms with Crippen LogP contribution in [0.3, 0.4) is 0 Å². The highest BCUT2D eigenvalue weighted by molar-refractivity contribution is 5.79. The van der Waals surface area contributed by atoms with E-state index in [2.05, 4.69) is 24.3 Å². The zero-order valence-corrected chi connectivity index (χ0v) is 18.7. The zero-order valence-electron chi connectivity index (χ0n) is 18.7. The van der Waals surface area contributed by atoms with Crippen LogP contribution in [0.25, 0.3) is 16.7 Å². The van der Waals surface area contributed by atoms with Crippen LogP contribution in [0.1, 0.15) is 48.3 Å². The molecule has 3 aliphatic rings. The zero-order chi connectivity index (χ0) is 23.2. The van der Waals surface area contributed by atoms with Gasteiger partial charge in [-0.25, -0.2) is 13.6 Å². The van der Waals surface area contributed by atoms with Gasteiger partial charge in [-0.1, -0.05) is 54.6 Å². The Morgan fingerprint density at radius 3 is 2.29 bits per heavy atom. The van der Waals surface area contributed by atoms with E-state index < -0.39 is 11.6 Å². The van der Waals surface area contributed by atoms with Gasteiger partial charge >= 0.3 is 6.09 Å². The molecule has 0 saturated carbocycles. The van der Waals surface area contributed by atoms with Gasteiger partial charge < -0.3 is 4.74 Å². The van der Waals surface area contributed by atoms with E-state index >= 15 is 0 Å². The predicted octanol–water partition coefficient (Wildman–Crippen LogP) is 6.92. The average molecular weight is 458 g/mol. The fourth-order valence-electron chi connectivity index (χ4n) is 5.93. The number of amides is 1. The lowest BCUT2D eigenvalue weighted by molar-refractivity contribution is 0.0538. The summed E-state index contributed by atoms with van der Waals surface area (Å²) in [6.45, 7) is 0.284. The summed E-state index contributed by atoms with van der Waals surface area (Å²) in [7, 11) is 0. The van der Waals surface area contributed by atoms with Crippen molar-refractivity contribution in [3.8, 4) is 11.1 Å². The number of hydrogen-bond acceptors (Lipinski definition) is 2. The summed E-state index contributed by atoms with van der Waals surface area (Å²) in [5.41, 5.74) is 6.03. The number of hydrogen-bond donors (Lipinski definition) is 0. The second kappa shape index (κ2) is 8.39. The molecule has 1 fully saturated rings. The summed E-state index contributed by atoms with van der Waals surface area (Å²) in [5.74, 6) is -1.13. The molecule has 2 aliphatic heterocycles. The van der Waals surface area contributed by atoms with Gasteiger partial charge in [-0.05, 0) is 65.6 Å². The van der Waals surface area contributed by atoms with Gasteiger partial charge in [-0.2, -0.15) is 0 Å². The lowest BCUT2D eigenvalue weighted by Crippen LogP contribution is -2.52. The molecular formula is C29H25F2NO2. The summed E-state index contributed by atoms with van der Waals surface area (Å²) < 4.78 is 33.7. The van der Waals surface area contributed by atoms with Crippen molar-refractivity contribution in [2.24, 2.45) is 0 Å². The van der Waals surface area contributed by atoms with Crippen LogP contribution in [0.2, 0.25) is 0 Å². The summed E-state index contributed by atoms with van der Waals surface area (Å²) in [6, 6.07) is 20.1. The van der Waals surface area contributed by atoms with Gasteiger partial charge in [0.1, 0.15) is 18.2 Å². The molecule has 34 heavy (non-hydrogen) atoms. The molecule has 6 rings (SSSR count). The van der Waals surface area contributed by atoms with E-state index in [1.165, 1.54) is 34.4 Å². The molecule has 0 aromatic heterocycles. The van der Waals surface area contributed by atoms with Crippen molar-refractivity contribution < 1.29 is 18.3 Å². The second-order valence-corrected chi connectivity index (χ2v) is 9.38. The molecular weight excluding hydrogens is 432 g/mol. The maximum absolute atomic E-state index is 14.4. The second-order valence-electron chi connectivity index (χ2n) is 9.38. The van der Waals surface area contributed by atoms with Crippen molar-refractivity contribution in [3.63, 3.8) is 0 Å². The normalized spacial score (nSPS) is 21.0. The maximum Gasteiger partial charge on any atom is 0.410 e. The highest BCUT2D eigenvalue weighted by Crippen LogP contribution is 2.45. The number of carbonyl (C=O) groups is 1. The van der Waals surface area contributed by atoms with Gasteiger partial charge in [-0.15, -0.1) is 0 Å². The van der Waals surface area contributed by atoms with Crippen LogP contribution in [-0.2, 0) is 4.74 Å². The maximum atomic E-state index is 14.4. The smallest absolute Gasteiger partial charge is 0.410 e. The van der Waals surface area contributed by atoms with Crippen LogP contribution in [0.5, 0.6) is 0 Å². The van der Waals surface area contributed by atoms with Crippen LogP contribution >= 0.6 is 0 Å². The molecule has 0 N–H and O–H groups in total. The Morgan fingerprint density at radius 1 is 0.912 bits per heavy atom. The monoisotopic (exact) mass is 457 g/mol. The van der Waals surface area contributed by atoms with Crippen LogP contribution in [0.4, 0.5) is 13.6 Å². The molecule has 172 valence electrons. The average Bonchev–Trinajstić information content (AvgIpc) is 3.15. The number of carbonyl (C=O) groups excluding carboxylic acids is 1. The lowest BCUT2D eigenvalue weighted by atomic mass is 9.83. The van der Waals surface area contributed by atoms with Crippen LogP contribution in [-0.4, -0.2) is 29.7 Å². The van der Waals surface area contributed by atoms with Crippen molar-refractivity contribution in [1.29, 1.82) is 0 Å². The Balaban J connectivity index is 1.23. The number of halogens is 2. The van der Waals surface area contributed by atoms with E-state index in [-0.39, 0.29) is 30.7 Å². The largest absolute Gasteiger partial charge is 0.448 e. The number of fused-ring (bicyclic) bond motifs is 5. The molecule has 3 aromatic rings. The molecule has 0 radical (unpaired) electrons. The van der Waals surface area contributed by atoms with Gasteiger partial charge in [0.15, 0.2) is 0 Å². The SMILES string of the molecule is O=C(OCC1c2ccccc2-c2ccccc21)N1C2C=C(c3ccc(F)cc3F)CC1CCC2. The first kappa shape index (κ1) is 21.1. The number of ether oxygens (including phenoxy) is 1. The van der Waals surface area contributed by atoms with E-state index in [1.807, 2.05) is 35.2 Å². The third-order valence-corrected chi connectivity index (χ3v) is 7.46. The van der Waals surface area contributed by atoms with Crippen molar-refractivity contribution in [2.45, 2.75) is 43.7 Å². The van der Waals surface area contributed by atoms with Crippen molar-refractivity contribution in [1.82, 2.24) is 4.90 Å². The Bertz CT molecular complexity index is 1260. The Morgan fingerprint density at radius 2 is 1.62 bits per heavy atom. The number of nitrogens with zero attached hydrogens (tertiary/aromatic N) is 1. The molecule has 3 nitrogen and oxygen atoms in total. The minimum atomic E-state index is -0.585. The minimum Gasteiger partial charge on any atom is -0.448 e. The first-order valence-electron chi connectivity index (χ1n) is 11.9. The van der Waals surface area contributed by atoms with Crippen LogP contribution in [0, 0.1) is 11.6 Å². The van der Waals surface area contributed by atoms with E-state index in [4.69, 9.17) is 4.74 Å². The molecule has 5 heteroatoms. The van der Waals surface area contributed by atoms with Gasteiger partial charge in [0.25, 0.3) is 0 Å². The third-order valence-electron chi connectivity index (χ3n) is 7.46. The Hall–Kier alpha value is -3.47. The van der Waals surface area contributed by atoms with Crippen LogP contribution in [0.15, 0.2) is 72.8 Å². The third kappa shape index (κ3) is 3.51. The van der Waals surface area contributed by atoms with Crippen molar-refractivity contribution in [2.75, 3.05) is 6.61 Å². The molecule has 2 unspecified atom stereocenters. The van der Waals surface area contributed by atoms with E-state index in [9.17, 15) is 13.6 Å². The summed E-state index contributed by atoms with van der Waals surface area (Å²) >= 11 is 0. The van der Waals surface area contributed by atoms with Gasteiger partial charge in [0, 0.05) is 23.6 Å². The lowest BCUT2D eigenvalue weighted by Gasteiger charge is -2.44. The first-order chi connectivity index (χ1) is 16.6. The molecule has 1 amide bonds. The predicted molar refractivity (Wildman–Crippen MR) is 127 cm³/mol. The molecule has 0 spiro atoms. The number of piperidine rings is 1. The first-order valence-corrected chi connectivity index (χ1v) is 11.9. The summed E-state index contributed by atoms with van der Waals surface area (Å²) in [4.78, 5) is 15.1. The quantitative estimate of drug-likeness (QED) is 0.427. The standard InChI is InChI=1S/C29H25F2NO2/c30-19-12-13-22(28(31)16-19)18-14-20-6-5-7-21(15-18)32(20)29(33)34-17-27-25-10-3-1-8-23(25)24-9-2-4-11-26(24)27/h1-4,8-14,16,20-21,27H,5-7,15,17H2. The summed E-state index contributed by atoms with van der Waals surface area (Å²) in [5, 5.41) is 0. The van der Waals surface area contributed by atoms with E-state index in [1.54, 1.807) is 0 Å². The fraction of sp³-hybridized carbons (Fsp3) is 0.276. The summed E-state index contributed by atoms with van der Waals surface area (Å²) in [6.07, 6.45) is 4.87. The molecule has 3 aromatic carbocycles. The Labute approximate surface area is 197 Å². The Kier molecular flexibility index (Phi) is 5.20. The van der Waals surface area contributed by atoms with Crippen LogP contribution < -0.4 is 0 Å². The molecule has 2 bridgehead atoms. The highest BCUT2D eigenvalue weighted by Gasteiger charge is 2.39. The number of rotatable bonds is 3. The topological polar surface area (TPSA) is 29.5 Å². The molecule has 1 saturated heterocycles. The molecule has 2 heterocycles. The van der Waals surface area contributed by atoms with Gasteiger partial charge in [0.2, 0.25) is 0 Å². The number of benzene rings is 3. The molecule has 2 atom stereocenters. The molecule has 1 aliphatic carbocycles. The van der Waals surface area contributed by atoms with Crippen molar-refractivity contribution >= 4 is 11.7 Å². The van der Waals surface area contributed by atoms with Gasteiger partial charge in [0.05, 0.1) is 6.04 Å². The minimum absolute atomic E-state index is 0.0143. The fourth-order valence-corrected chi connectivity index (χ4v) is 5.93.